The van der Waals surface area contributed by atoms with Gasteiger partial charge in [-0.2, -0.15) is 0 Å². The van der Waals surface area contributed by atoms with Crippen molar-refractivity contribution in [2.75, 3.05) is 19.6 Å². The lowest BCUT2D eigenvalue weighted by atomic mass is 9.86. The maximum atomic E-state index is 3.87. The highest BCUT2D eigenvalue weighted by molar-refractivity contribution is 5.05. The van der Waals surface area contributed by atoms with Gasteiger partial charge in [0.25, 0.3) is 0 Å². The van der Waals surface area contributed by atoms with Crippen molar-refractivity contribution in [3.63, 3.8) is 0 Å². The smallest absolute Gasteiger partial charge is 0.0334 e. The van der Waals surface area contributed by atoms with Crippen LogP contribution in [-0.4, -0.2) is 36.1 Å². The first kappa shape index (κ1) is 13.9. The van der Waals surface area contributed by atoms with Crippen LogP contribution in [0.5, 0.6) is 0 Å². The zero-order chi connectivity index (χ0) is 13.5. The van der Waals surface area contributed by atoms with Gasteiger partial charge in [-0.1, -0.05) is 33.1 Å². The van der Waals surface area contributed by atoms with Crippen LogP contribution in [0.2, 0.25) is 0 Å². The molecule has 3 unspecified atom stereocenters. The standard InChI is InChI=1S/C17H32N2/c1-4-13(2)16-11-19(10-9-14-5-6-14)17(3,12-18-16)15-7-8-15/h13-16,18H,4-12H2,1-3H3. The number of hydrogen-bond acceptors (Lipinski definition) is 2. The van der Waals surface area contributed by atoms with Gasteiger partial charge in [-0.05, 0) is 50.5 Å². The molecule has 3 fully saturated rings. The molecule has 1 heterocycles. The second-order valence-corrected chi connectivity index (χ2v) is 7.68. The van der Waals surface area contributed by atoms with E-state index in [-0.39, 0.29) is 0 Å². The van der Waals surface area contributed by atoms with E-state index in [4.69, 9.17) is 0 Å². The molecule has 1 aliphatic heterocycles. The van der Waals surface area contributed by atoms with Crippen molar-refractivity contribution in [3.8, 4) is 0 Å². The molecular weight excluding hydrogens is 232 g/mol. The van der Waals surface area contributed by atoms with E-state index < -0.39 is 0 Å². The van der Waals surface area contributed by atoms with E-state index in [2.05, 4.69) is 31.0 Å². The first-order chi connectivity index (χ1) is 9.13. The summed E-state index contributed by atoms with van der Waals surface area (Å²) < 4.78 is 0. The largest absolute Gasteiger partial charge is 0.311 e. The zero-order valence-electron chi connectivity index (χ0n) is 13.1. The molecule has 19 heavy (non-hydrogen) atoms. The summed E-state index contributed by atoms with van der Waals surface area (Å²) in [5.41, 5.74) is 0.457. The van der Waals surface area contributed by atoms with Crippen LogP contribution in [0.1, 0.15) is 59.3 Å². The Bertz CT molecular complexity index is 308. The normalized spacial score (nSPS) is 38.4. The molecule has 3 aliphatic rings. The second-order valence-electron chi connectivity index (χ2n) is 7.68. The molecule has 1 saturated heterocycles. The van der Waals surface area contributed by atoms with Gasteiger partial charge in [-0.25, -0.2) is 0 Å². The molecule has 0 radical (unpaired) electrons. The number of nitrogens with one attached hydrogen (secondary N) is 1. The molecular formula is C17H32N2. The Morgan fingerprint density at radius 1 is 1.26 bits per heavy atom. The molecule has 0 bridgehead atoms. The van der Waals surface area contributed by atoms with Gasteiger partial charge in [0.05, 0.1) is 0 Å². The SMILES string of the molecule is CCC(C)C1CN(CCC2CC2)C(C)(C2CC2)CN1. The molecule has 0 aromatic heterocycles. The van der Waals surface area contributed by atoms with Gasteiger partial charge in [-0.3, -0.25) is 4.90 Å². The van der Waals surface area contributed by atoms with Gasteiger partial charge < -0.3 is 5.32 Å². The van der Waals surface area contributed by atoms with Crippen molar-refractivity contribution < 1.29 is 0 Å². The van der Waals surface area contributed by atoms with Crippen molar-refractivity contribution >= 4 is 0 Å². The molecule has 2 aliphatic carbocycles. The number of rotatable bonds is 6. The summed E-state index contributed by atoms with van der Waals surface area (Å²) in [6, 6.07) is 0.719. The van der Waals surface area contributed by atoms with Gasteiger partial charge >= 0.3 is 0 Å². The lowest BCUT2D eigenvalue weighted by molar-refractivity contribution is 0.0215. The van der Waals surface area contributed by atoms with Crippen LogP contribution in [0.25, 0.3) is 0 Å². The van der Waals surface area contributed by atoms with E-state index in [1.807, 2.05) is 0 Å². The molecule has 0 aromatic rings. The monoisotopic (exact) mass is 264 g/mol. The van der Waals surface area contributed by atoms with E-state index in [1.165, 1.54) is 58.2 Å². The summed E-state index contributed by atoms with van der Waals surface area (Å²) in [5, 5.41) is 3.87. The fraction of sp³-hybridized carbons (Fsp3) is 1.00. The van der Waals surface area contributed by atoms with Crippen molar-refractivity contribution in [1.29, 1.82) is 0 Å². The van der Waals surface area contributed by atoms with Crippen molar-refractivity contribution in [1.82, 2.24) is 10.2 Å². The molecule has 0 amide bonds. The third-order valence-corrected chi connectivity index (χ3v) is 6.15. The summed E-state index contributed by atoms with van der Waals surface area (Å²) >= 11 is 0. The second kappa shape index (κ2) is 5.37. The Kier molecular flexibility index (Phi) is 3.92. The highest BCUT2D eigenvalue weighted by Gasteiger charge is 2.48. The van der Waals surface area contributed by atoms with E-state index in [0.717, 1.165) is 23.8 Å². The third-order valence-electron chi connectivity index (χ3n) is 6.15. The average Bonchev–Trinajstić information content (AvgIpc) is 3.29. The van der Waals surface area contributed by atoms with Crippen LogP contribution in [0.15, 0.2) is 0 Å². The fourth-order valence-electron chi connectivity index (χ4n) is 3.83. The average molecular weight is 264 g/mol. The minimum Gasteiger partial charge on any atom is -0.311 e. The number of piperazine rings is 1. The maximum absolute atomic E-state index is 3.87. The lowest BCUT2D eigenvalue weighted by Crippen LogP contribution is -2.65. The van der Waals surface area contributed by atoms with Crippen molar-refractivity contribution in [2.24, 2.45) is 17.8 Å². The predicted molar refractivity (Wildman–Crippen MR) is 81.3 cm³/mol. The first-order valence-electron chi connectivity index (χ1n) is 8.62. The molecule has 2 saturated carbocycles. The summed E-state index contributed by atoms with van der Waals surface area (Å²) in [6.45, 7) is 11.1. The fourth-order valence-corrected chi connectivity index (χ4v) is 3.83. The Labute approximate surface area is 119 Å². The van der Waals surface area contributed by atoms with Crippen LogP contribution >= 0.6 is 0 Å². The number of nitrogens with zero attached hydrogens (tertiary/aromatic N) is 1. The third kappa shape index (κ3) is 3.00. The van der Waals surface area contributed by atoms with Crippen LogP contribution in [0, 0.1) is 17.8 Å². The van der Waals surface area contributed by atoms with Crippen LogP contribution in [0.4, 0.5) is 0 Å². The summed E-state index contributed by atoms with van der Waals surface area (Å²) in [7, 11) is 0. The Morgan fingerprint density at radius 2 is 2.00 bits per heavy atom. The molecule has 3 rings (SSSR count). The summed E-state index contributed by atoms with van der Waals surface area (Å²) in [6.07, 6.45) is 8.68. The van der Waals surface area contributed by atoms with Crippen LogP contribution in [0.3, 0.4) is 0 Å². The molecule has 2 heteroatoms. The van der Waals surface area contributed by atoms with Gasteiger partial charge in [0.1, 0.15) is 0 Å². The zero-order valence-corrected chi connectivity index (χ0v) is 13.1. The Hall–Kier alpha value is -0.0800. The van der Waals surface area contributed by atoms with Crippen molar-refractivity contribution in [3.05, 3.63) is 0 Å². The number of hydrogen-bond donors (Lipinski definition) is 1. The maximum Gasteiger partial charge on any atom is 0.0334 e. The molecule has 0 aromatic carbocycles. The van der Waals surface area contributed by atoms with Crippen molar-refractivity contribution in [2.45, 2.75) is 70.9 Å². The van der Waals surface area contributed by atoms with E-state index >= 15 is 0 Å². The van der Waals surface area contributed by atoms with E-state index in [0.29, 0.717) is 5.54 Å². The minimum absolute atomic E-state index is 0.457. The predicted octanol–water partition coefficient (Wildman–Crippen LogP) is 3.28. The van der Waals surface area contributed by atoms with Crippen LogP contribution < -0.4 is 5.32 Å². The van der Waals surface area contributed by atoms with Gasteiger partial charge in [-0.15, -0.1) is 0 Å². The van der Waals surface area contributed by atoms with Gasteiger partial charge in [0.2, 0.25) is 0 Å². The molecule has 2 nitrogen and oxygen atoms in total. The van der Waals surface area contributed by atoms with E-state index in [1.54, 1.807) is 0 Å². The van der Waals surface area contributed by atoms with Gasteiger partial charge in [0.15, 0.2) is 0 Å². The Morgan fingerprint density at radius 3 is 2.58 bits per heavy atom. The highest BCUT2D eigenvalue weighted by atomic mass is 15.3. The molecule has 1 N–H and O–H groups in total. The summed E-state index contributed by atoms with van der Waals surface area (Å²) in [4.78, 5) is 2.87. The topological polar surface area (TPSA) is 15.3 Å². The molecule has 3 atom stereocenters. The van der Waals surface area contributed by atoms with E-state index in [9.17, 15) is 0 Å². The lowest BCUT2D eigenvalue weighted by Gasteiger charge is -2.50. The Balaban J connectivity index is 1.63. The molecule has 110 valence electrons. The minimum atomic E-state index is 0.457. The van der Waals surface area contributed by atoms with Gasteiger partial charge in [0, 0.05) is 24.7 Å². The summed E-state index contributed by atoms with van der Waals surface area (Å²) in [5.74, 6) is 2.85. The van der Waals surface area contributed by atoms with Crippen LogP contribution in [-0.2, 0) is 0 Å². The molecule has 0 spiro atoms. The first-order valence-corrected chi connectivity index (χ1v) is 8.62. The highest BCUT2D eigenvalue weighted by Crippen LogP contribution is 2.45. The quantitative estimate of drug-likeness (QED) is 0.792.